The molecule has 0 saturated heterocycles. The van der Waals surface area contributed by atoms with Crippen molar-refractivity contribution in [3.63, 3.8) is 0 Å². The number of carbonyl (C=O) groups excluding carboxylic acids is 1. The van der Waals surface area contributed by atoms with Crippen molar-refractivity contribution in [3.05, 3.63) is 40.5 Å². The first-order valence-electron chi connectivity index (χ1n) is 11.2. The number of allylic oxidation sites excluding steroid dienone is 1. The number of fused-ring (bicyclic) bond motifs is 6. The number of hydrogen-bond acceptors (Lipinski definition) is 4. The van der Waals surface area contributed by atoms with Gasteiger partial charge in [0.05, 0.1) is 0 Å². The average Bonchev–Trinajstić information content (AvgIpc) is 3.07. The van der Waals surface area contributed by atoms with Crippen LogP contribution in [0, 0.1) is 17.3 Å². The maximum absolute atomic E-state index is 12.8. The highest BCUT2D eigenvalue weighted by Crippen LogP contribution is 2.61. The molecule has 1 fully saturated rings. The van der Waals surface area contributed by atoms with Crippen LogP contribution in [-0.2, 0) is 28.1 Å². The van der Waals surface area contributed by atoms with Gasteiger partial charge in [-0.3, -0.25) is 4.79 Å². The van der Waals surface area contributed by atoms with Crippen LogP contribution in [0.4, 0.5) is 0 Å². The molecule has 30 heavy (non-hydrogen) atoms. The quantitative estimate of drug-likeness (QED) is 0.770. The van der Waals surface area contributed by atoms with E-state index in [-0.39, 0.29) is 17.9 Å². The zero-order chi connectivity index (χ0) is 21.1. The lowest BCUT2D eigenvalue weighted by atomic mass is 9.54. The summed E-state index contributed by atoms with van der Waals surface area (Å²) in [6.07, 6.45) is 8.23. The standard InChI is InChI=1S/C23H30N2O4S/c1-3-10-24-22(26)20-7-6-19-17-5-4-14-12-21-15(13-25-30(27,28)29-21)11-18(14)16(17)8-9-23(19,20)2/h7,11-12,16-17,19,25H,3-6,8-10,13H2,1-2H3,(H,24,26). The minimum atomic E-state index is -3.68. The third kappa shape index (κ3) is 3.09. The zero-order valence-corrected chi connectivity index (χ0v) is 18.5. The predicted octanol–water partition coefficient (Wildman–Crippen LogP) is 3.33. The molecule has 5 rings (SSSR count). The van der Waals surface area contributed by atoms with Gasteiger partial charge in [0.1, 0.15) is 5.75 Å². The molecule has 7 heteroatoms. The molecule has 0 spiro atoms. The second kappa shape index (κ2) is 7.09. The van der Waals surface area contributed by atoms with Crippen molar-refractivity contribution < 1.29 is 17.4 Å². The fourth-order valence-electron chi connectivity index (χ4n) is 6.43. The van der Waals surface area contributed by atoms with Gasteiger partial charge in [-0.1, -0.05) is 26.0 Å². The minimum Gasteiger partial charge on any atom is -0.371 e. The van der Waals surface area contributed by atoms with Gasteiger partial charge in [0, 0.05) is 29.6 Å². The Labute approximate surface area is 178 Å². The molecule has 0 aromatic heterocycles. The first-order valence-corrected chi connectivity index (χ1v) is 12.6. The molecule has 1 amide bonds. The summed E-state index contributed by atoms with van der Waals surface area (Å²) < 4.78 is 31.2. The Bertz CT molecular complexity index is 1030. The molecule has 2 N–H and O–H groups in total. The van der Waals surface area contributed by atoms with Gasteiger partial charge in [0.25, 0.3) is 0 Å². The minimum absolute atomic E-state index is 0.0382. The van der Waals surface area contributed by atoms with E-state index in [9.17, 15) is 13.2 Å². The fourth-order valence-corrected chi connectivity index (χ4v) is 7.21. The third-order valence-electron chi connectivity index (χ3n) is 7.91. The Morgan fingerprint density at radius 2 is 2.13 bits per heavy atom. The van der Waals surface area contributed by atoms with Crippen molar-refractivity contribution in [2.24, 2.45) is 17.3 Å². The SMILES string of the molecule is CCCNC(=O)C1=CCC2C3CCc4cc5c(cc4C3CCC12C)CNS(=O)(=O)O5. The largest absolute Gasteiger partial charge is 0.382 e. The van der Waals surface area contributed by atoms with Gasteiger partial charge in [0.2, 0.25) is 5.91 Å². The summed E-state index contributed by atoms with van der Waals surface area (Å²) in [5.74, 6) is 2.13. The van der Waals surface area contributed by atoms with E-state index >= 15 is 0 Å². The molecule has 4 aliphatic rings. The van der Waals surface area contributed by atoms with Crippen LogP contribution >= 0.6 is 0 Å². The summed E-state index contributed by atoms with van der Waals surface area (Å²) in [4.78, 5) is 12.8. The molecule has 162 valence electrons. The van der Waals surface area contributed by atoms with Crippen molar-refractivity contribution in [2.45, 2.75) is 64.8 Å². The van der Waals surface area contributed by atoms with E-state index in [4.69, 9.17) is 4.18 Å². The van der Waals surface area contributed by atoms with E-state index in [0.29, 0.717) is 23.5 Å². The van der Waals surface area contributed by atoms with E-state index in [1.54, 1.807) is 0 Å². The van der Waals surface area contributed by atoms with Gasteiger partial charge in [0.15, 0.2) is 0 Å². The number of aryl methyl sites for hydroxylation is 1. The van der Waals surface area contributed by atoms with Crippen LogP contribution in [0.2, 0.25) is 0 Å². The Morgan fingerprint density at radius 1 is 1.30 bits per heavy atom. The van der Waals surface area contributed by atoms with Crippen molar-refractivity contribution in [2.75, 3.05) is 6.54 Å². The van der Waals surface area contributed by atoms with Crippen LogP contribution in [0.15, 0.2) is 23.8 Å². The Hall–Kier alpha value is -1.86. The first kappa shape index (κ1) is 20.1. The fraction of sp³-hybridized carbons (Fsp3) is 0.609. The van der Waals surface area contributed by atoms with Gasteiger partial charge in [-0.2, -0.15) is 13.1 Å². The smallest absolute Gasteiger partial charge is 0.371 e. The lowest BCUT2D eigenvalue weighted by Crippen LogP contribution is -2.44. The summed E-state index contributed by atoms with van der Waals surface area (Å²) in [5.41, 5.74) is 4.46. The molecule has 6 nitrogen and oxygen atoms in total. The number of carbonyl (C=O) groups is 1. The second-order valence-electron chi connectivity index (χ2n) is 9.50. The van der Waals surface area contributed by atoms with E-state index < -0.39 is 10.3 Å². The van der Waals surface area contributed by atoms with Gasteiger partial charge in [-0.05, 0) is 73.5 Å². The van der Waals surface area contributed by atoms with E-state index in [1.165, 1.54) is 11.1 Å². The topological polar surface area (TPSA) is 84.5 Å². The summed E-state index contributed by atoms with van der Waals surface area (Å²) in [6.45, 7) is 5.39. The predicted molar refractivity (Wildman–Crippen MR) is 114 cm³/mol. The zero-order valence-electron chi connectivity index (χ0n) is 17.7. The number of amides is 1. The third-order valence-corrected chi connectivity index (χ3v) is 8.80. The first-order chi connectivity index (χ1) is 14.3. The molecular formula is C23H30N2O4S. The number of benzene rings is 1. The van der Waals surface area contributed by atoms with Crippen molar-refractivity contribution in [1.82, 2.24) is 10.0 Å². The molecule has 0 radical (unpaired) electrons. The maximum atomic E-state index is 12.8. The Morgan fingerprint density at radius 3 is 2.93 bits per heavy atom. The van der Waals surface area contributed by atoms with E-state index in [0.717, 1.165) is 56.2 Å². The highest BCUT2D eigenvalue weighted by molar-refractivity contribution is 7.85. The van der Waals surface area contributed by atoms with Crippen LogP contribution in [0.25, 0.3) is 0 Å². The van der Waals surface area contributed by atoms with Crippen LogP contribution in [0.5, 0.6) is 5.75 Å². The van der Waals surface area contributed by atoms with Crippen molar-refractivity contribution in [3.8, 4) is 5.75 Å². The molecule has 1 heterocycles. The van der Waals surface area contributed by atoms with Gasteiger partial charge < -0.3 is 9.50 Å². The molecule has 3 aliphatic carbocycles. The van der Waals surface area contributed by atoms with E-state index in [1.807, 2.05) is 6.07 Å². The molecule has 0 bridgehead atoms. The number of hydrogen-bond donors (Lipinski definition) is 2. The number of rotatable bonds is 3. The van der Waals surface area contributed by atoms with Gasteiger partial charge in [-0.25, -0.2) is 0 Å². The Balaban J connectivity index is 1.42. The summed E-state index contributed by atoms with van der Waals surface area (Å²) >= 11 is 0. The summed E-state index contributed by atoms with van der Waals surface area (Å²) in [6, 6.07) is 4.12. The Kier molecular flexibility index (Phi) is 4.74. The van der Waals surface area contributed by atoms with Gasteiger partial charge >= 0.3 is 10.3 Å². The average molecular weight is 431 g/mol. The lowest BCUT2D eigenvalue weighted by Gasteiger charge is -2.50. The van der Waals surface area contributed by atoms with Crippen LogP contribution in [0.3, 0.4) is 0 Å². The molecule has 1 aliphatic heterocycles. The van der Waals surface area contributed by atoms with Crippen LogP contribution < -0.4 is 14.2 Å². The highest BCUT2D eigenvalue weighted by Gasteiger charge is 2.53. The van der Waals surface area contributed by atoms with Crippen LogP contribution in [-0.4, -0.2) is 20.9 Å². The molecule has 1 aromatic carbocycles. The lowest BCUT2D eigenvalue weighted by molar-refractivity contribution is -0.119. The highest BCUT2D eigenvalue weighted by atomic mass is 32.2. The van der Waals surface area contributed by atoms with E-state index in [2.05, 4.69) is 36.0 Å². The molecular weight excluding hydrogens is 400 g/mol. The summed E-state index contributed by atoms with van der Waals surface area (Å²) in [5, 5.41) is 3.08. The molecule has 4 atom stereocenters. The van der Waals surface area contributed by atoms with Crippen molar-refractivity contribution >= 4 is 16.2 Å². The van der Waals surface area contributed by atoms with Gasteiger partial charge in [-0.15, -0.1) is 0 Å². The number of nitrogens with one attached hydrogen (secondary N) is 2. The monoisotopic (exact) mass is 430 g/mol. The molecule has 1 saturated carbocycles. The van der Waals surface area contributed by atoms with Crippen molar-refractivity contribution in [1.29, 1.82) is 0 Å². The normalized spacial score (nSPS) is 33.3. The summed E-state index contributed by atoms with van der Waals surface area (Å²) in [7, 11) is -3.68. The molecule has 1 aromatic rings. The second-order valence-corrected chi connectivity index (χ2v) is 10.9. The van der Waals surface area contributed by atoms with Crippen LogP contribution in [0.1, 0.15) is 68.6 Å². The molecule has 4 unspecified atom stereocenters. The maximum Gasteiger partial charge on any atom is 0.382 e.